The predicted octanol–water partition coefficient (Wildman–Crippen LogP) is 2.19. The highest BCUT2D eigenvalue weighted by molar-refractivity contribution is 5.31. The van der Waals surface area contributed by atoms with Gasteiger partial charge in [0, 0.05) is 12.6 Å². The summed E-state index contributed by atoms with van der Waals surface area (Å²) in [5.74, 6) is 0.866. The second-order valence-electron chi connectivity index (χ2n) is 3.46. The van der Waals surface area contributed by atoms with Crippen molar-refractivity contribution in [1.82, 2.24) is 9.55 Å². The molecule has 0 atom stereocenters. The molecule has 0 bridgehead atoms. The van der Waals surface area contributed by atoms with Crippen molar-refractivity contribution >= 4 is 0 Å². The Balaban J connectivity index is 2.02. The maximum Gasteiger partial charge on any atom is 0.130 e. The SMILES string of the molecule is CCn1cncc1COc1cccc(O)c1. The zero-order valence-electron chi connectivity index (χ0n) is 9.13. The van der Waals surface area contributed by atoms with Crippen molar-refractivity contribution in [2.75, 3.05) is 0 Å². The highest BCUT2D eigenvalue weighted by atomic mass is 16.5. The van der Waals surface area contributed by atoms with E-state index < -0.39 is 0 Å². The van der Waals surface area contributed by atoms with E-state index in [1.165, 1.54) is 0 Å². The number of ether oxygens (including phenoxy) is 1. The Morgan fingerprint density at radius 3 is 3.06 bits per heavy atom. The number of aryl methyl sites for hydroxylation is 1. The molecule has 0 aliphatic carbocycles. The van der Waals surface area contributed by atoms with Crippen LogP contribution >= 0.6 is 0 Å². The van der Waals surface area contributed by atoms with Crippen LogP contribution < -0.4 is 4.74 Å². The number of aromatic nitrogens is 2. The summed E-state index contributed by atoms with van der Waals surface area (Å²) in [5.41, 5.74) is 1.02. The molecule has 2 aromatic rings. The molecule has 2 rings (SSSR count). The Morgan fingerprint density at radius 1 is 1.44 bits per heavy atom. The lowest BCUT2D eigenvalue weighted by Crippen LogP contribution is -2.03. The Labute approximate surface area is 94.1 Å². The van der Waals surface area contributed by atoms with Gasteiger partial charge in [-0.1, -0.05) is 6.07 Å². The molecule has 16 heavy (non-hydrogen) atoms. The van der Waals surface area contributed by atoms with Crippen LogP contribution in [0.2, 0.25) is 0 Å². The number of imidazole rings is 1. The minimum absolute atomic E-state index is 0.210. The molecule has 0 unspecified atom stereocenters. The number of phenols is 1. The summed E-state index contributed by atoms with van der Waals surface area (Å²) in [5, 5.41) is 9.27. The molecule has 0 radical (unpaired) electrons. The lowest BCUT2D eigenvalue weighted by atomic mass is 10.3. The molecule has 0 aliphatic heterocycles. The summed E-state index contributed by atoms with van der Waals surface area (Å²) in [6, 6.07) is 6.77. The van der Waals surface area contributed by atoms with Crippen LogP contribution in [-0.4, -0.2) is 14.7 Å². The van der Waals surface area contributed by atoms with Crippen LogP contribution in [-0.2, 0) is 13.2 Å². The third kappa shape index (κ3) is 2.34. The van der Waals surface area contributed by atoms with Crippen LogP contribution in [0.15, 0.2) is 36.8 Å². The number of hydrogen-bond acceptors (Lipinski definition) is 3. The highest BCUT2D eigenvalue weighted by Gasteiger charge is 2.01. The fraction of sp³-hybridized carbons (Fsp3) is 0.250. The molecular weight excluding hydrogens is 204 g/mol. The van der Waals surface area contributed by atoms with Crippen LogP contribution in [0.1, 0.15) is 12.6 Å². The van der Waals surface area contributed by atoms with Gasteiger partial charge in [-0.25, -0.2) is 4.98 Å². The summed E-state index contributed by atoms with van der Waals surface area (Å²) < 4.78 is 7.57. The van der Waals surface area contributed by atoms with Gasteiger partial charge in [0.15, 0.2) is 0 Å². The van der Waals surface area contributed by atoms with E-state index in [1.54, 1.807) is 30.7 Å². The van der Waals surface area contributed by atoms with E-state index in [4.69, 9.17) is 4.74 Å². The van der Waals surface area contributed by atoms with Crippen molar-refractivity contribution in [3.63, 3.8) is 0 Å². The Kier molecular flexibility index (Phi) is 3.10. The van der Waals surface area contributed by atoms with E-state index in [2.05, 4.69) is 11.9 Å². The summed E-state index contributed by atoms with van der Waals surface area (Å²) in [4.78, 5) is 4.06. The number of aromatic hydroxyl groups is 1. The average Bonchev–Trinajstić information content (AvgIpc) is 2.74. The van der Waals surface area contributed by atoms with Gasteiger partial charge in [0.1, 0.15) is 18.1 Å². The van der Waals surface area contributed by atoms with Crippen LogP contribution in [0.5, 0.6) is 11.5 Å². The first-order valence-electron chi connectivity index (χ1n) is 5.20. The number of phenolic OH excluding ortho intramolecular Hbond substituents is 1. The quantitative estimate of drug-likeness (QED) is 0.855. The van der Waals surface area contributed by atoms with Gasteiger partial charge in [-0.05, 0) is 19.1 Å². The lowest BCUT2D eigenvalue weighted by Gasteiger charge is -2.07. The highest BCUT2D eigenvalue weighted by Crippen LogP contribution is 2.18. The maximum absolute atomic E-state index is 9.27. The maximum atomic E-state index is 9.27. The first-order chi connectivity index (χ1) is 7.79. The van der Waals surface area contributed by atoms with E-state index in [9.17, 15) is 5.11 Å². The van der Waals surface area contributed by atoms with Crippen molar-refractivity contribution in [3.05, 3.63) is 42.5 Å². The molecule has 1 heterocycles. The molecule has 0 fully saturated rings. The third-order valence-corrected chi connectivity index (χ3v) is 2.34. The molecule has 0 aliphatic rings. The van der Waals surface area contributed by atoms with Crippen molar-refractivity contribution in [2.45, 2.75) is 20.1 Å². The molecule has 0 saturated carbocycles. The summed E-state index contributed by atoms with van der Waals surface area (Å²) >= 11 is 0. The van der Waals surface area contributed by atoms with E-state index in [0.717, 1.165) is 12.2 Å². The molecule has 4 heteroatoms. The molecule has 0 amide bonds. The van der Waals surface area contributed by atoms with E-state index in [0.29, 0.717) is 12.4 Å². The number of benzene rings is 1. The largest absolute Gasteiger partial charge is 0.508 e. The summed E-state index contributed by atoms with van der Waals surface area (Å²) in [6.07, 6.45) is 3.56. The molecule has 1 aromatic carbocycles. The number of rotatable bonds is 4. The topological polar surface area (TPSA) is 47.3 Å². The molecule has 1 aromatic heterocycles. The van der Waals surface area contributed by atoms with Gasteiger partial charge in [0.2, 0.25) is 0 Å². The van der Waals surface area contributed by atoms with E-state index >= 15 is 0 Å². The van der Waals surface area contributed by atoms with E-state index in [-0.39, 0.29) is 5.75 Å². The van der Waals surface area contributed by atoms with Crippen LogP contribution in [0, 0.1) is 0 Å². The molecule has 0 spiro atoms. The van der Waals surface area contributed by atoms with E-state index in [1.807, 2.05) is 10.6 Å². The lowest BCUT2D eigenvalue weighted by molar-refractivity contribution is 0.294. The first-order valence-corrected chi connectivity index (χ1v) is 5.20. The Hall–Kier alpha value is -1.97. The van der Waals surface area contributed by atoms with Crippen LogP contribution in [0.25, 0.3) is 0 Å². The molecule has 84 valence electrons. The second kappa shape index (κ2) is 4.70. The number of nitrogens with zero attached hydrogens (tertiary/aromatic N) is 2. The van der Waals surface area contributed by atoms with Crippen molar-refractivity contribution < 1.29 is 9.84 Å². The Morgan fingerprint density at radius 2 is 2.31 bits per heavy atom. The molecule has 0 saturated heterocycles. The van der Waals surface area contributed by atoms with Gasteiger partial charge in [-0.2, -0.15) is 0 Å². The van der Waals surface area contributed by atoms with Gasteiger partial charge < -0.3 is 14.4 Å². The van der Waals surface area contributed by atoms with Crippen LogP contribution in [0.3, 0.4) is 0 Å². The molecule has 4 nitrogen and oxygen atoms in total. The van der Waals surface area contributed by atoms with Crippen molar-refractivity contribution in [2.24, 2.45) is 0 Å². The predicted molar refractivity (Wildman–Crippen MR) is 60.3 cm³/mol. The second-order valence-corrected chi connectivity index (χ2v) is 3.46. The minimum atomic E-state index is 0.210. The van der Waals surface area contributed by atoms with Gasteiger partial charge in [0.25, 0.3) is 0 Å². The normalized spacial score (nSPS) is 10.3. The zero-order chi connectivity index (χ0) is 11.4. The summed E-state index contributed by atoms with van der Waals surface area (Å²) in [7, 11) is 0. The third-order valence-electron chi connectivity index (χ3n) is 2.34. The van der Waals surface area contributed by atoms with Gasteiger partial charge in [-0.3, -0.25) is 0 Å². The smallest absolute Gasteiger partial charge is 0.130 e. The van der Waals surface area contributed by atoms with Gasteiger partial charge in [0.05, 0.1) is 18.2 Å². The molecule has 1 N–H and O–H groups in total. The summed E-state index contributed by atoms with van der Waals surface area (Å²) in [6.45, 7) is 3.38. The minimum Gasteiger partial charge on any atom is -0.508 e. The monoisotopic (exact) mass is 218 g/mol. The fourth-order valence-electron chi connectivity index (χ4n) is 1.48. The van der Waals surface area contributed by atoms with Gasteiger partial charge >= 0.3 is 0 Å². The first kappa shape index (κ1) is 10.5. The zero-order valence-corrected chi connectivity index (χ0v) is 9.13. The fourth-order valence-corrected chi connectivity index (χ4v) is 1.48. The molecular formula is C12H14N2O2. The van der Waals surface area contributed by atoms with Gasteiger partial charge in [-0.15, -0.1) is 0 Å². The number of hydrogen-bond donors (Lipinski definition) is 1. The van der Waals surface area contributed by atoms with Crippen molar-refractivity contribution in [1.29, 1.82) is 0 Å². The average molecular weight is 218 g/mol. The van der Waals surface area contributed by atoms with Crippen LogP contribution in [0.4, 0.5) is 0 Å². The Bertz CT molecular complexity index is 466. The standard InChI is InChI=1S/C12H14N2O2/c1-2-14-9-13-7-10(14)8-16-12-5-3-4-11(15)6-12/h3-7,9,15H,2,8H2,1H3. The van der Waals surface area contributed by atoms with Crippen molar-refractivity contribution in [3.8, 4) is 11.5 Å².